The fraction of sp³-hybridized carbons (Fsp3) is 0.292. The first-order valence-corrected chi connectivity index (χ1v) is 11.4. The average molecular weight is 519 g/mol. The molecule has 10 heteroatoms. The van der Waals surface area contributed by atoms with Crippen molar-refractivity contribution in [1.82, 2.24) is 0 Å². The number of hydrogen-bond donors (Lipinski definition) is 0. The van der Waals surface area contributed by atoms with Crippen molar-refractivity contribution in [2.24, 2.45) is 0 Å². The minimum atomic E-state index is -4.68. The molecule has 0 fully saturated rings. The Morgan fingerprint density at radius 1 is 1.09 bits per heavy atom. The summed E-state index contributed by atoms with van der Waals surface area (Å²) in [5, 5.41) is 0.415. The molecule has 0 amide bonds. The monoisotopic (exact) mass is 518 g/mol. The van der Waals surface area contributed by atoms with Gasteiger partial charge in [-0.25, -0.2) is 8.78 Å². The van der Waals surface area contributed by atoms with E-state index in [0.29, 0.717) is 10.6 Å². The minimum absolute atomic E-state index is 0.00584. The van der Waals surface area contributed by atoms with E-state index in [1.54, 1.807) is 19.1 Å². The molecule has 3 rings (SSSR count). The van der Waals surface area contributed by atoms with Gasteiger partial charge in [-0.15, -0.1) is 11.3 Å². The van der Waals surface area contributed by atoms with E-state index in [9.17, 15) is 26.7 Å². The van der Waals surface area contributed by atoms with E-state index >= 15 is 0 Å². The van der Waals surface area contributed by atoms with Crippen LogP contribution < -0.4 is 4.74 Å². The van der Waals surface area contributed by atoms with Gasteiger partial charge in [0.15, 0.2) is 17.4 Å². The number of carbonyl (C=O) groups excluding carboxylic acids is 1. The molecule has 1 heterocycles. The molecule has 0 radical (unpaired) electrons. The van der Waals surface area contributed by atoms with Crippen LogP contribution in [0.5, 0.6) is 5.75 Å². The summed E-state index contributed by atoms with van der Waals surface area (Å²) >= 11 is 6.79. The molecule has 0 saturated carbocycles. The molecule has 0 spiro atoms. The summed E-state index contributed by atoms with van der Waals surface area (Å²) in [6.45, 7) is 2.46. The molecular formula is C24H20ClF5O3S. The highest BCUT2D eigenvalue weighted by Gasteiger charge is 2.38. The zero-order chi connectivity index (χ0) is 25.0. The number of halogens is 6. The van der Waals surface area contributed by atoms with Gasteiger partial charge in [-0.3, -0.25) is 4.79 Å². The third-order valence-electron chi connectivity index (χ3n) is 4.92. The number of ether oxygens (including phenoxy) is 2. The molecule has 0 bridgehead atoms. The summed E-state index contributed by atoms with van der Waals surface area (Å²) in [4.78, 5) is 11.7. The molecule has 2 aromatic carbocycles. The second-order valence-electron chi connectivity index (χ2n) is 7.33. The van der Waals surface area contributed by atoms with Crippen LogP contribution in [0.3, 0.4) is 0 Å². The largest absolute Gasteiger partial charge is 0.483 e. The summed E-state index contributed by atoms with van der Waals surface area (Å²) in [6.07, 6.45) is -4.71. The molecule has 3 nitrogen and oxygen atoms in total. The second-order valence-corrected chi connectivity index (χ2v) is 8.99. The summed E-state index contributed by atoms with van der Waals surface area (Å²) in [5.41, 5.74) is -0.446. The Labute approximate surface area is 202 Å². The van der Waals surface area contributed by atoms with Crippen LogP contribution in [-0.2, 0) is 28.7 Å². The summed E-state index contributed by atoms with van der Waals surface area (Å²) in [5.74, 6) is -3.45. The molecule has 0 unspecified atom stereocenters. The molecule has 0 aliphatic rings. The predicted molar refractivity (Wildman–Crippen MR) is 120 cm³/mol. The highest BCUT2D eigenvalue weighted by Crippen LogP contribution is 2.45. The quantitative estimate of drug-likeness (QED) is 0.226. The van der Waals surface area contributed by atoms with Crippen LogP contribution >= 0.6 is 22.9 Å². The van der Waals surface area contributed by atoms with Crippen molar-refractivity contribution >= 4 is 28.9 Å². The van der Waals surface area contributed by atoms with E-state index in [1.165, 1.54) is 19.1 Å². The lowest BCUT2D eigenvalue weighted by atomic mass is 10.0. The first-order valence-electron chi connectivity index (χ1n) is 10.2. The van der Waals surface area contributed by atoms with Gasteiger partial charge in [0.25, 0.3) is 0 Å². The van der Waals surface area contributed by atoms with Crippen LogP contribution in [0.15, 0.2) is 36.4 Å². The van der Waals surface area contributed by atoms with Crippen molar-refractivity contribution in [2.45, 2.75) is 39.5 Å². The van der Waals surface area contributed by atoms with Crippen molar-refractivity contribution in [2.75, 3.05) is 6.61 Å². The smallest absolute Gasteiger partial charge is 0.417 e. The Balaban J connectivity index is 1.90. The van der Waals surface area contributed by atoms with Crippen molar-refractivity contribution in [3.05, 3.63) is 74.6 Å². The van der Waals surface area contributed by atoms with Gasteiger partial charge in [0.05, 0.1) is 12.2 Å². The molecule has 0 saturated heterocycles. The van der Waals surface area contributed by atoms with Crippen LogP contribution in [0, 0.1) is 18.6 Å². The van der Waals surface area contributed by atoms with Gasteiger partial charge in [-0.1, -0.05) is 23.7 Å². The fourth-order valence-electron chi connectivity index (χ4n) is 3.45. The molecule has 0 atom stereocenters. The molecule has 34 heavy (non-hydrogen) atoms. The Bertz CT molecular complexity index is 1150. The molecule has 182 valence electrons. The summed E-state index contributed by atoms with van der Waals surface area (Å²) in [6, 6.07) is 8.19. The highest BCUT2D eigenvalue weighted by molar-refractivity contribution is 7.15. The first kappa shape index (κ1) is 26.0. The highest BCUT2D eigenvalue weighted by atomic mass is 35.5. The predicted octanol–water partition coefficient (Wildman–Crippen LogP) is 7.75. The topological polar surface area (TPSA) is 35.5 Å². The van der Waals surface area contributed by atoms with Crippen LogP contribution in [-0.4, -0.2) is 12.6 Å². The molecule has 3 aromatic rings. The molecular weight excluding hydrogens is 499 g/mol. The molecule has 0 aliphatic carbocycles. The zero-order valence-corrected chi connectivity index (χ0v) is 19.8. The van der Waals surface area contributed by atoms with E-state index in [2.05, 4.69) is 0 Å². The van der Waals surface area contributed by atoms with E-state index in [1.807, 2.05) is 0 Å². The van der Waals surface area contributed by atoms with E-state index in [-0.39, 0.29) is 40.3 Å². The number of rotatable bonds is 8. The third-order valence-corrected chi connectivity index (χ3v) is 6.36. The van der Waals surface area contributed by atoms with Crippen molar-refractivity contribution in [1.29, 1.82) is 0 Å². The van der Waals surface area contributed by atoms with Gasteiger partial charge in [0.1, 0.15) is 6.61 Å². The van der Waals surface area contributed by atoms with Gasteiger partial charge in [-0.05, 0) is 55.7 Å². The van der Waals surface area contributed by atoms with Crippen LogP contribution in [0.4, 0.5) is 22.0 Å². The van der Waals surface area contributed by atoms with Crippen LogP contribution in [0.25, 0.3) is 10.4 Å². The summed E-state index contributed by atoms with van der Waals surface area (Å²) in [7, 11) is 0. The van der Waals surface area contributed by atoms with Crippen LogP contribution in [0.1, 0.15) is 34.9 Å². The maximum absolute atomic E-state index is 14.6. The van der Waals surface area contributed by atoms with Crippen molar-refractivity contribution < 1.29 is 36.2 Å². The Kier molecular flexibility index (Phi) is 8.20. The first-order chi connectivity index (χ1) is 16.0. The number of aryl methyl sites for hydroxylation is 2. The molecule has 0 N–H and O–H groups in total. The normalized spacial score (nSPS) is 11.5. The zero-order valence-electron chi connectivity index (χ0n) is 18.2. The van der Waals surface area contributed by atoms with Gasteiger partial charge in [0, 0.05) is 26.8 Å². The van der Waals surface area contributed by atoms with Gasteiger partial charge < -0.3 is 9.47 Å². The summed E-state index contributed by atoms with van der Waals surface area (Å²) < 4.78 is 80.6. The van der Waals surface area contributed by atoms with Gasteiger partial charge >= 0.3 is 12.1 Å². The Morgan fingerprint density at radius 2 is 1.71 bits per heavy atom. The standard InChI is InChI=1S/C24H20ClF5O3S/c1-3-32-20(31)9-4-14-10-18(26)22(19(27)11-14)33-12-17-21(24(28,29)30)13(2)34-23(17)15-5-7-16(25)8-6-15/h5-8,10-11H,3-4,9,12H2,1-2H3. The minimum Gasteiger partial charge on any atom is -0.483 e. The van der Waals surface area contributed by atoms with E-state index < -0.39 is 41.7 Å². The maximum Gasteiger partial charge on any atom is 0.417 e. The van der Waals surface area contributed by atoms with Gasteiger partial charge in [0.2, 0.25) is 0 Å². The lowest BCUT2D eigenvalue weighted by Gasteiger charge is -2.14. The molecule has 1 aromatic heterocycles. The van der Waals surface area contributed by atoms with Crippen molar-refractivity contribution in [3.63, 3.8) is 0 Å². The second kappa shape index (κ2) is 10.7. The average Bonchev–Trinajstić information content (AvgIpc) is 3.09. The third kappa shape index (κ3) is 6.07. The fourth-order valence-corrected chi connectivity index (χ4v) is 4.76. The lowest BCUT2D eigenvalue weighted by Crippen LogP contribution is -2.11. The Morgan fingerprint density at radius 3 is 2.26 bits per heavy atom. The Hall–Kier alpha value is -2.65. The number of esters is 1. The number of thiophene rings is 1. The van der Waals surface area contributed by atoms with E-state index in [4.69, 9.17) is 21.1 Å². The SMILES string of the molecule is CCOC(=O)CCc1cc(F)c(OCc2c(-c3ccc(Cl)cc3)sc(C)c2C(F)(F)F)c(F)c1. The maximum atomic E-state index is 14.6. The molecule has 0 aliphatic heterocycles. The number of benzene rings is 2. The van der Waals surface area contributed by atoms with Crippen molar-refractivity contribution in [3.8, 4) is 16.2 Å². The van der Waals surface area contributed by atoms with E-state index in [0.717, 1.165) is 23.5 Å². The van der Waals surface area contributed by atoms with Crippen LogP contribution in [0.2, 0.25) is 5.02 Å². The number of alkyl halides is 3. The number of hydrogen-bond acceptors (Lipinski definition) is 4. The number of carbonyl (C=O) groups is 1. The van der Waals surface area contributed by atoms with Gasteiger partial charge in [-0.2, -0.15) is 13.2 Å². The lowest BCUT2D eigenvalue weighted by molar-refractivity contribution is -0.143.